The Morgan fingerprint density at radius 2 is 1.82 bits per heavy atom. The maximum absolute atomic E-state index is 12.3. The minimum atomic E-state index is -0.409. The third-order valence-electron chi connectivity index (χ3n) is 4.18. The fraction of sp³-hybridized carbons (Fsp3) is 0.286. The third-order valence-corrected chi connectivity index (χ3v) is 4.44. The Bertz CT molecular complexity index is 921. The van der Waals surface area contributed by atoms with Gasteiger partial charge in [-0.2, -0.15) is 4.98 Å². The molecule has 0 fully saturated rings. The van der Waals surface area contributed by atoms with E-state index in [1.54, 1.807) is 24.3 Å². The third kappa shape index (κ3) is 5.10. The number of rotatable bonds is 7. The molecule has 6 nitrogen and oxygen atoms in total. The molecule has 0 aliphatic rings. The summed E-state index contributed by atoms with van der Waals surface area (Å²) in [6, 6.07) is 14.3. The molecule has 2 aromatic carbocycles. The fourth-order valence-corrected chi connectivity index (χ4v) is 2.72. The van der Waals surface area contributed by atoms with Gasteiger partial charge in [-0.05, 0) is 37.1 Å². The number of aromatic nitrogens is 2. The second kappa shape index (κ2) is 8.89. The van der Waals surface area contributed by atoms with Crippen LogP contribution >= 0.6 is 11.6 Å². The van der Waals surface area contributed by atoms with Crippen molar-refractivity contribution in [3.8, 4) is 17.1 Å². The van der Waals surface area contributed by atoms with Crippen molar-refractivity contribution in [2.45, 2.75) is 26.8 Å². The van der Waals surface area contributed by atoms with E-state index < -0.39 is 6.04 Å². The highest BCUT2D eigenvalue weighted by atomic mass is 35.5. The van der Waals surface area contributed by atoms with Crippen LogP contribution in [0.25, 0.3) is 11.4 Å². The number of aryl methyl sites for hydroxylation is 1. The van der Waals surface area contributed by atoms with E-state index in [1.165, 1.54) is 0 Å². The van der Waals surface area contributed by atoms with Gasteiger partial charge in [-0.3, -0.25) is 4.79 Å². The Labute approximate surface area is 168 Å². The molecule has 0 saturated carbocycles. The maximum atomic E-state index is 12.3. The number of amides is 1. The molecule has 0 bridgehead atoms. The maximum Gasteiger partial charge on any atom is 0.258 e. The highest BCUT2D eigenvalue weighted by molar-refractivity contribution is 6.30. The summed E-state index contributed by atoms with van der Waals surface area (Å²) in [5.41, 5.74) is 2.01. The zero-order valence-corrected chi connectivity index (χ0v) is 16.7. The molecule has 7 heteroatoms. The topological polar surface area (TPSA) is 77.2 Å². The van der Waals surface area contributed by atoms with Crippen molar-refractivity contribution in [1.82, 2.24) is 15.5 Å². The first-order chi connectivity index (χ1) is 13.4. The first kappa shape index (κ1) is 19.9. The van der Waals surface area contributed by atoms with E-state index in [1.807, 2.05) is 45.0 Å². The monoisotopic (exact) mass is 399 g/mol. The number of benzene rings is 2. The van der Waals surface area contributed by atoms with Crippen molar-refractivity contribution in [1.29, 1.82) is 0 Å². The summed E-state index contributed by atoms with van der Waals surface area (Å²) in [5.74, 6) is 1.22. The second-order valence-corrected chi connectivity index (χ2v) is 7.29. The quantitative estimate of drug-likeness (QED) is 0.628. The lowest BCUT2D eigenvalue weighted by Crippen LogP contribution is -2.35. The normalized spacial score (nSPS) is 12.0. The zero-order chi connectivity index (χ0) is 20.1. The van der Waals surface area contributed by atoms with Gasteiger partial charge in [-0.15, -0.1) is 0 Å². The van der Waals surface area contributed by atoms with Crippen LogP contribution in [0.15, 0.2) is 53.1 Å². The number of nitrogens with zero attached hydrogens (tertiary/aromatic N) is 2. The second-order valence-electron chi connectivity index (χ2n) is 6.85. The van der Waals surface area contributed by atoms with Crippen LogP contribution in [-0.4, -0.2) is 22.7 Å². The summed E-state index contributed by atoms with van der Waals surface area (Å²) in [4.78, 5) is 16.8. The largest absolute Gasteiger partial charge is 0.484 e. The molecule has 146 valence electrons. The van der Waals surface area contributed by atoms with E-state index in [2.05, 4.69) is 15.5 Å². The van der Waals surface area contributed by atoms with Gasteiger partial charge in [0.25, 0.3) is 5.91 Å². The minimum absolute atomic E-state index is 0.0609. The molecule has 28 heavy (non-hydrogen) atoms. The van der Waals surface area contributed by atoms with Gasteiger partial charge in [0, 0.05) is 10.6 Å². The first-order valence-corrected chi connectivity index (χ1v) is 9.38. The molecule has 3 rings (SSSR count). The van der Waals surface area contributed by atoms with E-state index in [9.17, 15) is 4.79 Å². The number of ether oxygens (including phenoxy) is 1. The highest BCUT2D eigenvalue weighted by Crippen LogP contribution is 2.24. The Morgan fingerprint density at radius 3 is 2.46 bits per heavy atom. The van der Waals surface area contributed by atoms with Crippen LogP contribution in [0.2, 0.25) is 5.02 Å². The van der Waals surface area contributed by atoms with E-state index in [4.69, 9.17) is 20.9 Å². The SMILES string of the molecule is Cc1ccc(-c2noc([C@@H](NC(=O)COc3ccc(Cl)cc3)C(C)C)n2)cc1. The van der Waals surface area contributed by atoms with Gasteiger partial charge in [0.15, 0.2) is 6.61 Å². The molecule has 0 radical (unpaired) electrons. The van der Waals surface area contributed by atoms with Gasteiger partial charge in [-0.25, -0.2) is 0 Å². The number of halogens is 1. The zero-order valence-electron chi connectivity index (χ0n) is 16.0. The van der Waals surface area contributed by atoms with Crippen LogP contribution in [0.4, 0.5) is 0 Å². The van der Waals surface area contributed by atoms with Gasteiger partial charge in [0.05, 0.1) is 0 Å². The summed E-state index contributed by atoms with van der Waals surface area (Å²) in [7, 11) is 0. The molecule has 1 heterocycles. The summed E-state index contributed by atoms with van der Waals surface area (Å²) in [6.45, 7) is 5.84. The molecule has 1 aromatic heterocycles. The van der Waals surface area contributed by atoms with Crippen molar-refractivity contribution in [3.05, 3.63) is 65.0 Å². The molecular weight excluding hydrogens is 378 g/mol. The van der Waals surface area contributed by atoms with Crippen molar-refractivity contribution in [2.24, 2.45) is 5.92 Å². The average molecular weight is 400 g/mol. The van der Waals surface area contributed by atoms with Crippen LogP contribution in [-0.2, 0) is 4.79 Å². The molecule has 3 aromatic rings. The lowest BCUT2D eigenvalue weighted by molar-refractivity contribution is -0.124. The van der Waals surface area contributed by atoms with Gasteiger partial charge < -0.3 is 14.6 Å². The van der Waals surface area contributed by atoms with Crippen LogP contribution < -0.4 is 10.1 Å². The smallest absolute Gasteiger partial charge is 0.258 e. The molecule has 1 amide bonds. The van der Waals surface area contributed by atoms with Gasteiger partial charge in [0.1, 0.15) is 11.8 Å². The van der Waals surface area contributed by atoms with Crippen molar-refractivity contribution < 1.29 is 14.1 Å². The summed E-state index contributed by atoms with van der Waals surface area (Å²) < 4.78 is 10.9. The van der Waals surface area contributed by atoms with E-state index in [0.29, 0.717) is 22.5 Å². The number of nitrogens with one attached hydrogen (secondary N) is 1. The van der Waals surface area contributed by atoms with Crippen LogP contribution in [0.5, 0.6) is 5.75 Å². The van der Waals surface area contributed by atoms with Gasteiger partial charge in [-0.1, -0.05) is 60.4 Å². The van der Waals surface area contributed by atoms with E-state index >= 15 is 0 Å². The van der Waals surface area contributed by atoms with Crippen LogP contribution in [0, 0.1) is 12.8 Å². The molecule has 1 atom stereocenters. The fourth-order valence-electron chi connectivity index (χ4n) is 2.59. The Morgan fingerprint density at radius 1 is 1.14 bits per heavy atom. The van der Waals surface area contributed by atoms with Crippen molar-refractivity contribution in [3.63, 3.8) is 0 Å². The molecule has 0 unspecified atom stereocenters. The molecule has 0 saturated heterocycles. The summed E-state index contributed by atoms with van der Waals surface area (Å²) in [5, 5.41) is 7.56. The average Bonchev–Trinajstić information content (AvgIpc) is 3.15. The Kier molecular flexibility index (Phi) is 6.31. The van der Waals surface area contributed by atoms with E-state index in [0.717, 1.165) is 11.1 Å². The molecular formula is C21H22ClN3O3. The van der Waals surface area contributed by atoms with E-state index in [-0.39, 0.29) is 18.4 Å². The lowest BCUT2D eigenvalue weighted by atomic mass is 10.0. The Hall–Kier alpha value is -2.86. The molecule has 0 spiro atoms. The molecule has 0 aliphatic carbocycles. The summed E-state index contributed by atoms with van der Waals surface area (Å²) >= 11 is 5.84. The number of carbonyl (C=O) groups excluding carboxylic acids is 1. The van der Waals surface area contributed by atoms with Crippen molar-refractivity contribution >= 4 is 17.5 Å². The minimum Gasteiger partial charge on any atom is -0.484 e. The molecule has 1 N–H and O–H groups in total. The standard InChI is InChI=1S/C21H22ClN3O3/c1-13(2)19(23-18(26)12-27-17-10-8-16(22)9-11-17)21-24-20(25-28-21)15-6-4-14(3)5-7-15/h4-11,13,19H,12H2,1-3H3,(H,23,26)/t19-/m0/s1. The van der Waals surface area contributed by atoms with Crippen LogP contribution in [0.1, 0.15) is 31.3 Å². The predicted octanol–water partition coefficient (Wildman–Crippen LogP) is 4.59. The van der Waals surface area contributed by atoms with Gasteiger partial charge >= 0.3 is 0 Å². The number of hydrogen-bond acceptors (Lipinski definition) is 5. The predicted molar refractivity (Wildman–Crippen MR) is 107 cm³/mol. The number of hydrogen-bond donors (Lipinski definition) is 1. The molecule has 0 aliphatic heterocycles. The highest BCUT2D eigenvalue weighted by Gasteiger charge is 2.25. The first-order valence-electron chi connectivity index (χ1n) is 9.01. The lowest BCUT2D eigenvalue weighted by Gasteiger charge is -2.18. The van der Waals surface area contributed by atoms with Gasteiger partial charge in [0.2, 0.25) is 11.7 Å². The summed E-state index contributed by atoms with van der Waals surface area (Å²) in [6.07, 6.45) is 0. The number of carbonyl (C=O) groups is 1. The van der Waals surface area contributed by atoms with Crippen molar-refractivity contribution in [2.75, 3.05) is 6.61 Å². The Balaban J connectivity index is 1.65. The van der Waals surface area contributed by atoms with Crippen LogP contribution in [0.3, 0.4) is 0 Å².